The summed E-state index contributed by atoms with van der Waals surface area (Å²) < 4.78 is 12.5. The molecule has 0 bridgehead atoms. The van der Waals surface area contributed by atoms with Gasteiger partial charge in [-0.3, -0.25) is 10.1 Å². The summed E-state index contributed by atoms with van der Waals surface area (Å²) in [5.74, 6) is 1.22. The van der Waals surface area contributed by atoms with E-state index in [0.29, 0.717) is 30.3 Å². The van der Waals surface area contributed by atoms with Crippen molar-refractivity contribution in [1.29, 1.82) is 0 Å². The van der Waals surface area contributed by atoms with Crippen LogP contribution in [0.2, 0.25) is 0 Å². The van der Waals surface area contributed by atoms with E-state index in [2.05, 4.69) is 27.2 Å². The van der Waals surface area contributed by atoms with E-state index in [1.54, 1.807) is 18.3 Å². The fourth-order valence-corrected chi connectivity index (χ4v) is 3.38. The Kier molecular flexibility index (Phi) is 8.21. The van der Waals surface area contributed by atoms with Gasteiger partial charge in [0.2, 0.25) is 0 Å². The quantitative estimate of drug-likeness (QED) is 0.189. The number of benzene rings is 3. The summed E-state index contributed by atoms with van der Waals surface area (Å²) in [6.45, 7) is 4.98. The predicted octanol–water partition coefficient (Wildman–Crippen LogP) is 6.19. The van der Waals surface area contributed by atoms with Crippen molar-refractivity contribution in [2.24, 2.45) is 5.16 Å². The summed E-state index contributed by atoms with van der Waals surface area (Å²) in [7, 11) is 0. The molecular formula is C24H23BrN2O5. The normalized spacial score (nSPS) is 10.8. The number of nitrogens with zero attached hydrogens (tertiary/aromatic N) is 2. The summed E-state index contributed by atoms with van der Waals surface area (Å²) in [5.41, 5.74) is 3.67. The third-order valence-electron chi connectivity index (χ3n) is 4.46. The van der Waals surface area contributed by atoms with E-state index in [1.807, 2.05) is 44.2 Å². The van der Waals surface area contributed by atoms with E-state index in [-0.39, 0.29) is 12.3 Å². The standard InChI is InChI=1S/C24H23BrN2O5/c1-3-30-23-12-20(14-26-32-16-19-8-5-9-21(11-19)27(28)29)22(25)13-24(23)31-15-18-7-4-6-17(2)10-18/h4-14H,3,15-16H2,1-2H3/b26-14-. The molecule has 0 aromatic heterocycles. The van der Waals surface area contributed by atoms with Crippen LogP contribution in [0.25, 0.3) is 0 Å². The number of aryl methyl sites for hydroxylation is 1. The lowest BCUT2D eigenvalue weighted by atomic mass is 10.1. The first kappa shape index (κ1) is 23.3. The van der Waals surface area contributed by atoms with Gasteiger partial charge >= 0.3 is 0 Å². The molecule has 0 N–H and O–H groups in total. The highest BCUT2D eigenvalue weighted by atomic mass is 79.9. The highest BCUT2D eigenvalue weighted by Gasteiger charge is 2.11. The van der Waals surface area contributed by atoms with Crippen LogP contribution in [0.5, 0.6) is 11.5 Å². The van der Waals surface area contributed by atoms with Gasteiger partial charge in [0.15, 0.2) is 11.5 Å². The molecule has 0 heterocycles. The Morgan fingerprint density at radius 1 is 1.00 bits per heavy atom. The minimum atomic E-state index is -0.443. The van der Waals surface area contributed by atoms with Gasteiger partial charge in [-0.15, -0.1) is 0 Å². The summed E-state index contributed by atoms with van der Waals surface area (Å²) >= 11 is 3.54. The van der Waals surface area contributed by atoms with Crippen LogP contribution in [-0.2, 0) is 18.1 Å². The van der Waals surface area contributed by atoms with Crippen molar-refractivity contribution in [3.8, 4) is 11.5 Å². The molecule has 0 radical (unpaired) electrons. The van der Waals surface area contributed by atoms with Gasteiger partial charge in [0, 0.05) is 22.2 Å². The Bertz CT molecular complexity index is 1120. The van der Waals surface area contributed by atoms with Crippen LogP contribution >= 0.6 is 15.9 Å². The lowest BCUT2D eigenvalue weighted by Crippen LogP contribution is -2.01. The van der Waals surface area contributed by atoms with Gasteiger partial charge in [-0.1, -0.05) is 47.1 Å². The largest absolute Gasteiger partial charge is 0.490 e. The van der Waals surface area contributed by atoms with E-state index < -0.39 is 4.92 Å². The highest BCUT2D eigenvalue weighted by molar-refractivity contribution is 9.10. The molecule has 7 nitrogen and oxygen atoms in total. The number of hydrogen-bond donors (Lipinski definition) is 0. The Hall–Kier alpha value is -3.39. The van der Waals surface area contributed by atoms with Crippen molar-refractivity contribution in [3.05, 3.63) is 97.5 Å². The Labute approximate surface area is 194 Å². The molecule has 0 aliphatic heterocycles. The molecule has 0 fully saturated rings. The van der Waals surface area contributed by atoms with Crippen LogP contribution in [0.4, 0.5) is 5.69 Å². The van der Waals surface area contributed by atoms with E-state index >= 15 is 0 Å². The smallest absolute Gasteiger partial charge is 0.269 e. The molecule has 0 spiro atoms. The van der Waals surface area contributed by atoms with Crippen LogP contribution in [0.1, 0.15) is 29.2 Å². The molecule has 0 aliphatic rings. The van der Waals surface area contributed by atoms with E-state index in [0.717, 1.165) is 15.6 Å². The first-order chi connectivity index (χ1) is 15.5. The molecular weight excluding hydrogens is 476 g/mol. The molecule has 0 aliphatic carbocycles. The topological polar surface area (TPSA) is 83.2 Å². The summed E-state index contributed by atoms with van der Waals surface area (Å²) in [4.78, 5) is 15.7. The van der Waals surface area contributed by atoms with Gasteiger partial charge in [-0.2, -0.15) is 0 Å². The summed E-state index contributed by atoms with van der Waals surface area (Å²) in [6, 6.07) is 18.0. The molecule has 32 heavy (non-hydrogen) atoms. The summed E-state index contributed by atoms with van der Waals surface area (Å²) in [5, 5.41) is 14.9. The van der Waals surface area contributed by atoms with Crippen LogP contribution in [0.15, 0.2) is 70.3 Å². The maximum absolute atomic E-state index is 10.9. The molecule has 3 rings (SSSR count). The van der Waals surface area contributed by atoms with Gasteiger partial charge in [0.25, 0.3) is 5.69 Å². The Morgan fingerprint density at radius 2 is 1.72 bits per heavy atom. The molecule has 0 saturated heterocycles. The minimum Gasteiger partial charge on any atom is -0.490 e. The predicted molar refractivity (Wildman–Crippen MR) is 126 cm³/mol. The average Bonchev–Trinajstić information content (AvgIpc) is 2.77. The van der Waals surface area contributed by atoms with Gasteiger partial charge < -0.3 is 14.3 Å². The SMILES string of the molecule is CCOc1cc(/C=N\OCc2cccc([N+](=O)[O-])c2)c(Br)cc1OCc1cccc(C)c1. The minimum absolute atomic E-state index is 0.0143. The fourth-order valence-electron chi connectivity index (χ4n) is 2.96. The monoisotopic (exact) mass is 498 g/mol. The summed E-state index contributed by atoms with van der Waals surface area (Å²) in [6.07, 6.45) is 1.55. The zero-order chi connectivity index (χ0) is 22.9. The maximum Gasteiger partial charge on any atom is 0.269 e. The number of non-ortho nitro benzene ring substituents is 1. The molecule has 166 valence electrons. The average molecular weight is 499 g/mol. The van der Waals surface area contributed by atoms with Gasteiger partial charge in [-0.05, 0) is 53.0 Å². The number of hydrogen-bond acceptors (Lipinski definition) is 6. The van der Waals surface area contributed by atoms with Gasteiger partial charge in [-0.25, -0.2) is 0 Å². The number of nitro benzene ring substituents is 1. The first-order valence-electron chi connectivity index (χ1n) is 9.99. The number of nitro groups is 1. The molecule has 0 saturated carbocycles. The second-order valence-corrected chi connectivity index (χ2v) is 7.82. The van der Waals surface area contributed by atoms with Crippen LogP contribution in [0.3, 0.4) is 0 Å². The molecule has 0 unspecified atom stereocenters. The van der Waals surface area contributed by atoms with Gasteiger partial charge in [0.1, 0.15) is 13.2 Å². The van der Waals surface area contributed by atoms with Crippen molar-refractivity contribution >= 4 is 27.8 Å². The van der Waals surface area contributed by atoms with Crippen molar-refractivity contribution in [2.75, 3.05) is 6.61 Å². The van der Waals surface area contributed by atoms with Crippen LogP contribution < -0.4 is 9.47 Å². The second kappa shape index (κ2) is 11.3. The number of ether oxygens (including phenoxy) is 2. The van der Waals surface area contributed by atoms with Crippen molar-refractivity contribution in [3.63, 3.8) is 0 Å². The third-order valence-corrected chi connectivity index (χ3v) is 5.15. The number of rotatable bonds is 10. The highest BCUT2D eigenvalue weighted by Crippen LogP contribution is 2.34. The third kappa shape index (κ3) is 6.55. The zero-order valence-electron chi connectivity index (χ0n) is 17.8. The van der Waals surface area contributed by atoms with E-state index in [1.165, 1.54) is 17.7 Å². The Morgan fingerprint density at radius 3 is 2.44 bits per heavy atom. The lowest BCUT2D eigenvalue weighted by Gasteiger charge is -2.14. The second-order valence-electron chi connectivity index (χ2n) is 6.97. The molecule has 3 aromatic rings. The number of halogens is 1. The number of oxime groups is 1. The van der Waals surface area contributed by atoms with Gasteiger partial charge in [0.05, 0.1) is 17.7 Å². The van der Waals surface area contributed by atoms with Crippen molar-refractivity contribution in [1.82, 2.24) is 0 Å². The molecule has 0 atom stereocenters. The molecule has 0 amide bonds. The van der Waals surface area contributed by atoms with E-state index in [9.17, 15) is 10.1 Å². The van der Waals surface area contributed by atoms with Crippen LogP contribution in [0, 0.1) is 17.0 Å². The van der Waals surface area contributed by atoms with Crippen LogP contribution in [-0.4, -0.2) is 17.7 Å². The molecule has 3 aromatic carbocycles. The fraction of sp³-hybridized carbons (Fsp3) is 0.208. The molecule has 8 heteroatoms. The van der Waals surface area contributed by atoms with E-state index in [4.69, 9.17) is 14.3 Å². The lowest BCUT2D eigenvalue weighted by molar-refractivity contribution is -0.384. The van der Waals surface area contributed by atoms with Crippen molar-refractivity contribution < 1.29 is 19.2 Å². The first-order valence-corrected chi connectivity index (χ1v) is 10.8. The van der Waals surface area contributed by atoms with Crippen molar-refractivity contribution in [2.45, 2.75) is 27.1 Å². The Balaban J connectivity index is 1.68. The zero-order valence-corrected chi connectivity index (χ0v) is 19.4. The maximum atomic E-state index is 10.9.